The van der Waals surface area contributed by atoms with E-state index in [-0.39, 0.29) is 58.8 Å². The van der Waals surface area contributed by atoms with Gasteiger partial charge in [-0.3, -0.25) is 0 Å². The van der Waals surface area contributed by atoms with Crippen molar-refractivity contribution in [3.05, 3.63) is 59.9 Å². The van der Waals surface area contributed by atoms with Crippen molar-refractivity contribution in [2.45, 2.75) is 18.7 Å². The molecule has 0 atom stereocenters. The number of hydrogen-bond donors (Lipinski definition) is 1. The molecule has 0 radical (unpaired) electrons. The monoisotopic (exact) mass is 507 g/mol. The summed E-state index contributed by atoms with van der Waals surface area (Å²) in [5.41, 5.74) is 0. The molecule has 9 nitrogen and oxygen atoms in total. The van der Waals surface area contributed by atoms with E-state index in [1.807, 2.05) is 13.8 Å². The molecule has 1 N–H and O–H groups in total. The number of aromatic nitrogens is 2. The molecule has 0 aliphatic heterocycles. The van der Waals surface area contributed by atoms with E-state index in [2.05, 4.69) is 9.97 Å². The van der Waals surface area contributed by atoms with E-state index in [1.54, 1.807) is 36.4 Å². The zero-order valence-corrected chi connectivity index (χ0v) is 20.6. The van der Waals surface area contributed by atoms with E-state index >= 15 is 0 Å². The number of benzene rings is 2. The predicted octanol–water partition coefficient (Wildman–Crippen LogP) is 4.15. The molecule has 0 aliphatic rings. The Morgan fingerprint density at radius 1 is 1.12 bits per heavy atom. The van der Waals surface area contributed by atoms with Gasteiger partial charge in [0.2, 0.25) is 5.75 Å². The highest BCUT2D eigenvalue weighted by Crippen LogP contribution is 2.42. The van der Waals surface area contributed by atoms with Crippen LogP contribution in [0.3, 0.4) is 0 Å². The Bertz CT molecular complexity index is 1210. The summed E-state index contributed by atoms with van der Waals surface area (Å²) < 4.78 is 45.3. The Balaban J connectivity index is 2.20. The zero-order chi connectivity index (χ0) is 24.7. The highest BCUT2D eigenvalue weighted by atomic mass is 35.5. The lowest BCUT2D eigenvalue weighted by molar-refractivity contribution is 0.192. The number of aliphatic hydroxyl groups is 1. The van der Waals surface area contributed by atoms with Crippen LogP contribution in [0.25, 0.3) is 0 Å². The van der Waals surface area contributed by atoms with Gasteiger partial charge >= 0.3 is 0 Å². The molecule has 0 aliphatic carbocycles. The van der Waals surface area contributed by atoms with Crippen LogP contribution in [0.2, 0.25) is 5.02 Å². The number of aliphatic hydroxyl groups excluding tert-OH is 1. The first-order chi connectivity index (χ1) is 16.3. The quantitative estimate of drug-likeness (QED) is 0.412. The van der Waals surface area contributed by atoms with E-state index in [4.69, 9.17) is 25.8 Å². The summed E-state index contributed by atoms with van der Waals surface area (Å²) in [7, 11) is -2.53. The second-order valence-electron chi connectivity index (χ2n) is 7.55. The molecule has 0 fully saturated rings. The third kappa shape index (κ3) is 5.88. The summed E-state index contributed by atoms with van der Waals surface area (Å²) in [6.45, 7) is 3.51. The first-order valence-corrected chi connectivity index (χ1v) is 12.3. The summed E-state index contributed by atoms with van der Waals surface area (Å²) >= 11 is 6.33. The molecule has 182 valence electrons. The maximum absolute atomic E-state index is 13.6. The average molecular weight is 508 g/mol. The topological polar surface area (TPSA) is 111 Å². The van der Waals surface area contributed by atoms with E-state index in [1.165, 1.54) is 25.6 Å². The molecule has 0 unspecified atom stereocenters. The second-order valence-corrected chi connectivity index (χ2v) is 9.81. The molecule has 0 saturated carbocycles. The van der Waals surface area contributed by atoms with Crippen molar-refractivity contribution in [2.75, 3.05) is 31.2 Å². The summed E-state index contributed by atoms with van der Waals surface area (Å²) in [6.07, 6.45) is 1.18. The van der Waals surface area contributed by atoms with Crippen molar-refractivity contribution in [1.82, 2.24) is 9.97 Å². The van der Waals surface area contributed by atoms with Crippen LogP contribution in [0, 0.1) is 5.92 Å². The largest absolute Gasteiger partial charge is 0.497 e. The van der Waals surface area contributed by atoms with E-state index in [0.717, 1.165) is 4.31 Å². The molecular formula is C23H26ClN3O6S. The number of rotatable bonds is 11. The number of halogens is 1. The van der Waals surface area contributed by atoms with E-state index < -0.39 is 10.0 Å². The van der Waals surface area contributed by atoms with Crippen molar-refractivity contribution in [1.29, 1.82) is 0 Å². The van der Waals surface area contributed by atoms with Crippen molar-refractivity contribution >= 4 is 27.4 Å². The lowest BCUT2D eigenvalue weighted by atomic mass is 10.2. The highest BCUT2D eigenvalue weighted by molar-refractivity contribution is 7.92. The van der Waals surface area contributed by atoms with Gasteiger partial charge in [0, 0.05) is 12.6 Å². The molecule has 1 heterocycles. The van der Waals surface area contributed by atoms with Crippen LogP contribution in [0.1, 0.15) is 13.8 Å². The van der Waals surface area contributed by atoms with Gasteiger partial charge in [0.1, 0.15) is 24.4 Å². The summed E-state index contributed by atoms with van der Waals surface area (Å²) in [6, 6.07) is 12.8. The summed E-state index contributed by atoms with van der Waals surface area (Å²) in [5, 5.41) is 9.50. The molecule has 1 aromatic heterocycles. The van der Waals surface area contributed by atoms with E-state index in [0.29, 0.717) is 5.75 Å². The Hall–Kier alpha value is -3.08. The Morgan fingerprint density at radius 3 is 2.50 bits per heavy atom. The number of anilines is 1. The SMILES string of the molecule is COc1ccc(Cl)c(Oc2c(OCCO)ncnc2N(CC(C)C)S(=O)(=O)c2ccccc2)c1. The standard InChI is InChI=1S/C23H26ClN3O6S/c1-16(2)14-27(34(29,30)18-7-5-4-6-8-18)22-21(23(26-15-25-22)32-12-11-28)33-20-13-17(31-3)9-10-19(20)24/h4-10,13,15-16,28H,11-12,14H2,1-3H3. The van der Waals surface area contributed by atoms with Gasteiger partial charge in [-0.1, -0.05) is 43.6 Å². The Labute approximate surface area is 203 Å². The van der Waals surface area contributed by atoms with Gasteiger partial charge in [-0.05, 0) is 30.2 Å². The van der Waals surface area contributed by atoms with Crippen LogP contribution in [0.4, 0.5) is 5.82 Å². The summed E-state index contributed by atoms with van der Waals surface area (Å²) in [4.78, 5) is 8.45. The Morgan fingerprint density at radius 2 is 1.85 bits per heavy atom. The molecular weight excluding hydrogens is 482 g/mol. The first-order valence-electron chi connectivity index (χ1n) is 10.5. The van der Waals surface area contributed by atoms with Gasteiger partial charge in [0.25, 0.3) is 15.9 Å². The minimum Gasteiger partial charge on any atom is -0.497 e. The highest BCUT2D eigenvalue weighted by Gasteiger charge is 2.32. The van der Waals surface area contributed by atoms with Crippen LogP contribution >= 0.6 is 11.6 Å². The van der Waals surface area contributed by atoms with Gasteiger partial charge in [-0.2, -0.15) is 4.98 Å². The number of sulfonamides is 1. The Kier molecular flexibility index (Phi) is 8.54. The summed E-state index contributed by atoms with van der Waals surface area (Å²) in [5.74, 6) is 0.475. The van der Waals surface area contributed by atoms with Gasteiger partial charge in [0.05, 0.1) is 23.6 Å². The van der Waals surface area contributed by atoms with Crippen molar-refractivity contribution in [3.8, 4) is 23.1 Å². The van der Waals surface area contributed by atoms with Gasteiger partial charge in [-0.15, -0.1) is 0 Å². The first kappa shape index (κ1) is 25.5. The van der Waals surface area contributed by atoms with Crippen LogP contribution in [-0.4, -0.2) is 50.4 Å². The van der Waals surface area contributed by atoms with Crippen LogP contribution in [0.15, 0.2) is 59.8 Å². The maximum Gasteiger partial charge on any atom is 0.265 e. The molecule has 2 aromatic carbocycles. The van der Waals surface area contributed by atoms with Crippen molar-refractivity contribution in [3.63, 3.8) is 0 Å². The number of ether oxygens (including phenoxy) is 3. The molecule has 11 heteroatoms. The second kappa shape index (κ2) is 11.4. The lowest BCUT2D eigenvalue weighted by Crippen LogP contribution is -2.35. The predicted molar refractivity (Wildman–Crippen MR) is 129 cm³/mol. The molecule has 34 heavy (non-hydrogen) atoms. The molecule has 0 spiro atoms. The normalized spacial score (nSPS) is 11.4. The molecule has 0 bridgehead atoms. The molecule has 3 rings (SSSR count). The molecule has 3 aromatic rings. The molecule has 0 saturated heterocycles. The van der Waals surface area contributed by atoms with Crippen LogP contribution in [-0.2, 0) is 10.0 Å². The van der Waals surface area contributed by atoms with Crippen molar-refractivity contribution < 1.29 is 27.7 Å². The smallest absolute Gasteiger partial charge is 0.265 e. The van der Waals surface area contributed by atoms with Crippen molar-refractivity contribution in [2.24, 2.45) is 5.92 Å². The van der Waals surface area contributed by atoms with Gasteiger partial charge in [0.15, 0.2) is 5.82 Å². The van der Waals surface area contributed by atoms with Crippen LogP contribution in [0.5, 0.6) is 23.1 Å². The fraction of sp³-hybridized carbons (Fsp3) is 0.304. The number of nitrogens with zero attached hydrogens (tertiary/aromatic N) is 3. The fourth-order valence-electron chi connectivity index (χ4n) is 3.01. The van der Waals surface area contributed by atoms with Crippen LogP contribution < -0.4 is 18.5 Å². The van der Waals surface area contributed by atoms with Gasteiger partial charge in [-0.25, -0.2) is 17.7 Å². The maximum atomic E-state index is 13.6. The number of methoxy groups -OCH3 is 1. The molecule has 0 amide bonds. The van der Waals surface area contributed by atoms with Gasteiger partial charge < -0.3 is 19.3 Å². The fourth-order valence-corrected chi connectivity index (χ4v) is 4.77. The third-order valence-corrected chi connectivity index (χ3v) is 6.61. The minimum atomic E-state index is -4.02. The number of hydrogen-bond acceptors (Lipinski definition) is 8. The van der Waals surface area contributed by atoms with E-state index in [9.17, 15) is 13.5 Å². The lowest BCUT2D eigenvalue weighted by Gasteiger charge is -2.27. The third-order valence-electron chi connectivity index (χ3n) is 4.53. The zero-order valence-electron chi connectivity index (χ0n) is 19.0. The minimum absolute atomic E-state index is 0.0284. The average Bonchev–Trinajstić information content (AvgIpc) is 2.83.